The molecule has 1 aromatic carbocycles. The highest BCUT2D eigenvalue weighted by Gasteiger charge is 2.17. The lowest BCUT2D eigenvalue weighted by atomic mass is 10.0. The van der Waals surface area contributed by atoms with Gasteiger partial charge in [-0.1, -0.05) is 17.7 Å². The fourth-order valence-corrected chi connectivity index (χ4v) is 1.85. The van der Waals surface area contributed by atoms with E-state index in [-0.39, 0.29) is 6.04 Å². The Bertz CT molecular complexity index is 467. The van der Waals surface area contributed by atoms with Crippen LogP contribution in [0.1, 0.15) is 39.7 Å². The van der Waals surface area contributed by atoms with E-state index in [0.29, 0.717) is 10.7 Å². The van der Waals surface area contributed by atoms with Gasteiger partial charge in [-0.2, -0.15) is 0 Å². The smallest absolute Gasteiger partial charge is 0.412 e. The Morgan fingerprint density at radius 1 is 1.45 bits per heavy atom. The van der Waals surface area contributed by atoms with Crippen molar-refractivity contribution in [2.24, 2.45) is 5.73 Å². The Hall–Kier alpha value is -1.26. The number of carbonyl (C=O) groups excluding carboxylic acids is 1. The van der Waals surface area contributed by atoms with Crippen molar-refractivity contribution in [3.05, 3.63) is 28.8 Å². The van der Waals surface area contributed by atoms with Crippen LogP contribution in [0.2, 0.25) is 5.02 Å². The molecule has 0 saturated carbocycles. The molecule has 0 aliphatic rings. The van der Waals surface area contributed by atoms with Crippen LogP contribution in [-0.4, -0.2) is 17.7 Å². The van der Waals surface area contributed by atoms with Crippen LogP contribution in [0.3, 0.4) is 0 Å². The lowest BCUT2D eigenvalue weighted by molar-refractivity contribution is 0.0636. The Morgan fingerprint density at radius 3 is 2.65 bits per heavy atom. The van der Waals surface area contributed by atoms with Gasteiger partial charge >= 0.3 is 6.09 Å². The van der Waals surface area contributed by atoms with Gasteiger partial charge in [-0.05, 0) is 58.2 Å². The van der Waals surface area contributed by atoms with Crippen LogP contribution >= 0.6 is 11.6 Å². The number of anilines is 1. The fraction of sp³-hybridized carbons (Fsp3) is 0.533. The van der Waals surface area contributed by atoms with E-state index in [0.717, 1.165) is 18.4 Å². The molecule has 0 bridgehead atoms. The Balaban J connectivity index is 2.81. The van der Waals surface area contributed by atoms with E-state index in [1.54, 1.807) is 12.1 Å². The monoisotopic (exact) mass is 298 g/mol. The summed E-state index contributed by atoms with van der Waals surface area (Å²) >= 11 is 5.98. The second-order valence-corrected chi connectivity index (χ2v) is 6.38. The van der Waals surface area contributed by atoms with E-state index in [1.807, 2.05) is 33.8 Å². The van der Waals surface area contributed by atoms with Crippen molar-refractivity contribution in [1.82, 2.24) is 0 Å². The summed E-state index contributed by atoms with van der Waals surface area (Å²) in [5.41, 5.74) is 6.90. The standard InChI is InChI=1S/C15H23ClN2O2/c1-10(17)5-6-11-7-8-12(16)9-13(11)18-14(19)20-15(2,3)4/h7-10H,5-6,17H2,1-4H3,(H,18,19)/t10-/m0/s1. The van der Waals surface area contributed by atoms with Gasteiger partial charge in [0, 0.05) is 16.8 Å². The summed E-state index contributed by atoms with van der Waals surface area (Å²) in [6.45, 7) is 7.42. The molecular weight excluding hydrogens is 276 g/mol. The lowest BCUT2D eigenvalue weighted by Crippen LogP contribution is -2.27. The largest absolute Gasteiger partial charge is 0.444 e. The summed E-state index contributed by atoms with van der Waals surface area (Å²) < 4.78 is 5.24. The highest BCUT2D eigenvalue weighted by Crippen LogP contribution is 2.23. The molecule has 1 amide bonds. The van der Waals surface area contributed by atoms with E-state index in [1.165, 1.54) is 0 Å². The van der Waals surface area contributed by atoms with Gasteiger partial charge < -0.3 is 10.5 Å². The maximum Gasteiger partial charge on any atom is 0.412 e. The maximum absolute atomic E-state index is 11.8. The van der Waals surface area contributed by atoms with E-state index >= 15 is 0 Å². The molecule has 1 aromatic rings. The van der Waals surface area contributed by atoms with E-state index in [9.17, 15) is 4.79 Å². The van der Waals surface area contributed by atoms with Crippen LogP contribution in [0.4, 0.5) is 10.5 Å². The molecule has 1 rings (SSSR count). The molecule has 0 fully saturated rings. The number of nitrogens with two attached hydrogens (primary N) is 1. The summed E-state index contributed by atoms with van der Waals surface area (Å²) in [5, 5.41) is 3.32. The maximum atomic E-state index is 11.8. The fourth-order valence-electron chi connectivity index (χ4n) is 1.68. The van der Waals surface area contributed by atoms with Gasteiger partial charge in [0.2, 0.25) is 0 Å². The minimum absolute atomic E-state index is 0.111. The minimum Gasteiger partial charge on any atom is -0.444 e. The molecule has 0 saturated heterocycles. The molecule has 0 radical (unpaired) electrons. The summed E-state index contributed by atoms with van der Waals surface area (Å²) in [4.78, 5) is 11.8. The SMILES string of the molecule is C[C@H](N)CCc1ccc(Cl)cc1NC(=O)OC(C)(C)C. The predicted molar refractivity (Wildman–Crippen MR) is 83.3 cm³/mol. The van der Waals surface area contributed by atoms with E-state index in [4.69, 9.17) is 22.1 Å². The molecule has 0 aromatic heterocycles. The van der Waals surface area contributed by atoms with E-state index < -0.39 is 11.7 Å². The van der Waals surface area contributed by atoms with Gasteiger partial charge in [-0.3, -0.25) is 5.32 Å². The van der Waals surface area contributed by atoms with Crippen molar-refractivity contribution >= 4 is 23.4 Å². The molecule has 0 aliphatic heterocycles. The molecule has 20 heavy (non-hydrogen) atoms. The number of nitrogens with one attached hydrogen (secondary N) is 1. The van der Waals surface area contributed by atoms with Crippen molar-refractivity contribution < 1.29 is 9.53 Å². The van der Waals surface area contributed by atoms with Crippen LogP contribution in [0.25, 0.3) is 0 Å². The van der Waals surface area contributed by atoms with Crippen molar-refractivity contribution in [3.8, 4) is 0 Å². The molecule has 3 N–H and O–H groups in total. The summed E-state index contributed by atoms with van der Waals surface area (Å²) in [6, 6.07) is 5.54. The zero-order chi connectivity index (χ0) is 15.3. The number of hydrogen-bond acceptors (Lipinski definition) is 3. The molecule has 0 unspecified atom stereocenters. The van der Waals surface area contributed by atoms with Gasteiger partial charge in [0.25, 0.3) is 0 Å². The van der Waals surface area contributed by atoms with Crippen LogP contribution in [-0.2, 0) is 11.2 Å². The number of carbonyl (C=O) groups is 1. The van der Waals surface area contributed by atoms with Gasteiger partial charge in [0.05, 0.1) is 0 Å². The van der Waals surface area contributed by atoms with Crippen LogP contribution in [0.5, 0.6) is 0 Å². The third kappa shape index (κ3) is 6.26. The van der Waals surface area contributed by atoms with Crippen LogP contribution < -0.4 is 11.1 Å². The number of amides is 1. The first-order valence-corrected chi connectivity index (χ1v) is 7.09. The Kier molecular flexibility index (Phi) is 5.84. The first kappa shape index (κ1) is 16.8. The molecule has 112 valence electrons. The number of ether oxygens (including phenoxy) is 1. The molecule has 0 heterocycles. The zero-order valence-corrected chi connectivity index (χ0v) is 13.3. The number of benzene rings is 1. The van der Waals surface area contributed by atoms with Crippen molar-refractivity contribution in [2.45, 2.75) is 52.2 Å². The van der Waals surface area contributed by atoms with Crippen molar-refractivity contribution in [1.29, 1.82) is 0 Å². The van der Waals surface area contributed by atoms with Crippen molar-refractivity contribution in [2.75, 3.05) is 5.32 Å². The molecule has 4 nitrogen and oxygen atoms in total. The number of hydrogen-bond donors (Lipinski definition) is 2. The average molecular weight is 299 g/mol. The topological polar surface area (TPSA) is 64.3 Å². The average Bonchev–Trinajstić information content (AvgIpc) is 2.24. The highest BCUT2D eigenvalue weighted by molar-refractivity contribution is 6.31. The van der Waals surface area contributed by atoms with Crippen LogP contribution in [0, 0.1) is 0 Å². The first-order chi connectivity index (χ1) is 9.17. The third-order valence-corrected chi connectivity index (χ3v) is 2.81. The zero-order valence-electron chi connectivity index (χ0n) is 12.5. The molecule has 1 atom stereocenters. The van der Waals surface area contributed by atoms with Gasteiger partial charge in [0.1, 0.15) is 5.60 Å². The molecule has 0 aliphatic carbocycles. The Morgan fingerprint density at radius 2 is 2.10 bits per heavy atom. The van der Waals surface area contributed by atoms with Gasteiger partial charge in [-0.15, -0.1) is 0 Å². The lowest BCUT2D eigenvalue weighted by Gasteiger charge is -2.20. The molecule has 5 heteroatoms. The summed E-state index contributed by atoms with van der Waals surface area (Å²) in [6.07, 6.45) is 1.13. The first-order valence-electron chi connectivity index (χ1n) is 6.71. The predicted octanol–water partition coefficient (Wildman–Crippen LogP) is 3.97. The van der Waals surface area contributed by atoms with Gasteiger partial charge in [-0.25, -0.2) is 4.79 Å². The van der Waals surface area contributed by atoms with Crippen molar-refractivity contribution in [3.63, 3.8) is 0 Å². The Labute approximate surface area is 125 Å². The second kappa shape index (κ2) is 6.95. The van der Waals surface area contributed by atoms with E-state index in [2.05, 4.69) is 5.32 Å². The van der Waals surface area contributed by atoms with Gasteiger partial charge in [0.15, 0.2) is 0 Å². The third-order valence-electron chi connectivity index (χ3n) is 2.58. The molecular formula is C15H23ClN2O2. The minimum atomic E-state index is -0.533. The van der Waals surface area contributed by atoms with Crippen LogP contribution in [0.15, 0.2) is 18.2 Å². The molecule has 0 spiro atoms. The number of aryl methyl sites for hydroxylation is 1. The normalized spacial score (nSPS) is 12.9. The number of rotatable bonds is 4. The summed E-state index contributed by atoms with van der Waals surface area (Å²) in [7, 11) is 0. The second-order valence-electron chi connectivity index (χ2n) is 5.94. The quantitative estimate of drug-likeness (QED) is 0.884. The number of halogens is 1. The highest BCUT2D eigenvalue weighted by atomic mass is 35.5. The summed E-state index contributed by atoms with van der Waals surface area (Å²) in [5.74, 6) is 0.